The molecule has 5 nitrogen and oxygen atoms in total. The molecule has 1 aromatic heterocycles. The summed E-state index contributed by atoms with van der Waals surface area (Å²) in [6, 6.07) is 7.84. The number of hydrogen-bond acceptors (Lipinski definition) is 6. The lowest BCUT2D eigenvalue weighted by Gasteiger charge is -2.05. The van der Waals surface area contributed by atoms with E-state index < -0.39 is 0 Å². The minimum atomic E-state index is -0.0490. The highest BCUT2D eigenvalue weighted by Gasteiger charge is 2.10. The van der Waals surface area contributed by atoms with Crippen LogP contribution in [0.15, 0.2) is 24.3 Å². The summed E-state index contributed by atoms with van der Waals surface area (Å²) in [7, 11) is 1.67. The molecule has 102 valence electrons. The molecule has 0 amide bonds. The minimum Gasteiger partial charge on any atom is -0.496 e. The highest BCUT2D eigenvalue weighted by molar-refractivity contribution is 7.05. The molecule has 0 saturated carbocycles. The van der Waals surface area contributed by atoms with Gasteiger partial charge in [-0.2, -0.15) is 4.37 Å². The van der Waals surface area contributed by atoms with E-state index in [1.165, 1.54) is 11.5 Å². The number of aromatic nitrogens is 2. The first-order valence-corrected chi connectivity index (χ1v) is 6.89. The average molecular weight is 278 g/mol. The van der Waals surface area contributed by atoms with Crippen LogP contribution in [0.3, 0.4) is 0 Å². The van der Waals surface area contributed by atoms with Crippen LogP contribution in [0.1, 0.15) is 16.4 Å². The van der Waals surface area contributed by atoms with E-state index in [0.29, 0.717) is 19.4 Å². The largest absolute Gasteiger partial charge is 0.496 e. The van der Waals surface area contributed by atoms with Crippen LogP contribution in [0, 0.1) is 0 Å². The van der Waals surface area contributed by atoms with Gasteiger partial charge in [0.2, 0.25) is 0 Å². The number of para-hydroxylation sites is 1. The number of methoxy groups -OCH3 is 1. The fourth-order valence-corrected chi connectivity index (χ4v) is 2.52. The van der Waals surface area contributed by atoms with Crippen LogP contribution < -0.4 is 16.2 Å². The Morgan fingerprint density at radius 3 is 2.89 bits per heavy atom. The Kier molecular flexibility index (Phi) is 4.84. The van der Waals surface area contributed by atoms with Crippen molar-refractivity contribution in [2.24, 2.45) is 11.5 Å². The number of nitrogens with two attached hydrogens (primary N) is 2. The van der Waals surface area contributed by atoms with Gasteiger partial charge >= 0.3 is 0 Å². The Morgan fingerprint density at radius 2 is 2.16 bits per heavy atom. The lowest BCUT2D eigenvalue weighted by Crippen LogP contribution is -2.31. The van der Waals surface area contributed by atoms with Crippen LogP contribution in [0.25, 0.3) is 0 Å². The van der Waals surface area contributed by atoms with Gasteiger partial charge in [0.1, 0.15) is 16.6 Å². The molecule has 1 unspecified atom stereocenters. The smallest absolute Gasteiger partial charge is 0.147 e. The Balaban J connectivity index is 2.07. The zero-order valence-corrected chi connectivity index (χ0v) is 11.7. The van der Waals surface area contributed by atoms with E-state index >= 15 is 0 Å². The Bertz CT molecular complexity index is 529. The Labute approximate surface area is 116 Å². The summed E-state index contributed by atoms with van der Waals surface area (Å²) in [5, 5.41) is 0.933. The number of nitrogens with zero attached hydrogens (tertiary/aromatic N) is 2. The molecule has 19 heavy (non-hydrogen) atoms. The maximum absolute atomic E-state index is 5.81. The third-order valence-corrected chi connectivity index (χ3v) is 3.56. The maximum atomic E-state index is 5.81. The first-order valence-electron chi connectivity index (χ1n) is 6.12. The molecule has 0 radical (unpaired) electrons. The highest BCUT2D eigenvalue weighted by atomic mass is 32.1. The number of benzene rings is 1. The van der Waals surface area contributed by atoms with Gasteiger partial charge in [-0.15, -0.1) is 0 Å². The lowest BCUT2D eigenvalue weighted by atomic mass is 10.1. The van der Waals surface area contributed by atoms with E-state index in [4.69, 9.17) is 16.2 Å². The molecular formula is C13H18N4OS. The van der Waals surface area contributed by atoms with Crippen LogP contribution >= 0.6 is 11.5 Å². The van der Waals surface area contributed by atoms with Crippen LogP contribution in [0.4, 0.5) is 0 Å². The molecule has 0 aliphatic rings. The molecule has 2 rings (SSSR count). The van der Waals surface area contributed by atoms with E-state index in [2.05, 4.69) is 9.36 Å². The predicted octanol–water partition coefficient (Wildman–Crippen LogP) is 0.966. The summed E-state index contributed by atoms with van der Waals surface area (Å²) in [5.41, 5.74) is 12.4. The van der Waals surface area contributed by atoms with Crippen molar-refractivity contribution in [3.05, 3.63) is 40.7 Å². The minimum absolute atomic E-state index is 0.0490. The molecule has 0 saturated heterocycles. The SMILES string of the molecule is COc1ccccc1Cc1nsc(CC(N)CN)n1. The summed E-state index contributed by atoms with van der Waals surface area (Å²) >= 11 is 1.39. The summed E-state index contributed by atoms with van der Waals surface area (Å²) in [4.78, 5) is 4.49. The van der Waals surface area contributed by atoms with E-state index in [0.717, 1.165) is 22.1 Å². The molecule has 0 aliphatic heterocycles. The standard InChI is InChI=1S/C13H18N4OS/c1-18-11-5-3-2-4-9(11)6-12-16-13(19-17-12)7-10(15)8-14/h2-5,10H,6-8,14-15H2,1H3. The van der Waals surface area contributed by atoms with Crippen molar-refractivity contribution in [2.45, 2.75) is 18.9 Å². The molecule has 0 aliphatic carbocycles. The normalized spacial score (nSPS) is 12.4. The molecule has 4 N–H and O–H groups in total. The second-order valence-electron chi connectivity index (χ2n) is 4.29. The molecular weight excluding hydrogens is 260 g/mol. The fourth-order valence-electron chi connectivity index (χ4n) is 1.77. The second kappa shape index (κ2) is 6.60. The van der Waals surface area contributed by atoms with Gasteiger partial charge in [-0.3, -0.25) is 0 Å². The van der Waals surface area contributed by atoms with Crippen molar-refractivity contribution in [3.8, 4) is 5.75 Å². The first-order chi connectivity index (χ1) is 9.22. The Morgan fingerprint density at radius 1 is 1.37 bits per heavy atom. The highest BCUT2D eigenvalue weighted by Crippen LogP contribution is 2.20. The van der Waals surface area contributed by atoms with Crippen LogP contribution in [0.2, 0.25) is 0 Å². The summed E-state index contributed by atoms with van der Waals surface area (Å²) in [6.07, 6.45) is 1.35. The topological polar surface area (TPSA) is 87.0 Å². The van der Waals surface area contributed by atoms with E-state index in [9.17, 15) is 0 Å². The zero-order valence-electron chi connectivity index (χ0n) is 10.9. The molecule has 1 aromatic carbocycles. The first kappa shape index (κ1) is 13.9. The van der Waals surface area contributed by atoms with Crippen molar-refractivity contribution < 1.29 is 4.74 Å². The Hall–Kier alpha value is -1.50. The van der Waals surface area contributed by atoms with Gasteiger partial charge in [-0.1, -0.05) is 18.2 Å². The van der Waals surface area contributed by atoms with Gasteiger partial charge in [-0.05, 0) is 17.6 Å². The molecule has 0 bridgehead atoms. The van der Waals surface area contributed by atoms with Gasteiger partial charge in [-0.25, -0.2) is 4.98 Å². The molecule has 2 aromatic rings. The predicted molar refractivity (Wildman–Crippen MR) is 76.4 cm³/mol. The number of ether oxygens (including phenoxy) is 1. The van der Waals surface area contributed by atoms with E-state index in [1.807, 2.05) is 24.3 Å². The zero-order chi connectivity index (χ0) is 13.7. The number of rotatable bonds is 6. The monoisotopic (exact) mass is 278 g/mol. The van der Waals surface area contributed by atoms with Crippen molar-refractivity contribution >= 4 is 11.5 Å². The lowest BCUT2D eigenvalue weighted by molar-refractivity contribution is 0.410. The summed E-state index contributed by atoms with van der Waals surface area (Å²) < 4.78 is 9.67. The van der Waals surface area contributed by atoms with Gasteiger partial charge < -0.3 is 16.2 Å². The summed E-state index contributed by atoms with van der Waals surface area (Å²) in [5.74, 6) is 1.66. The van der Waals surface area contributed by atoms with Crippen LogP contribution in [-0.2, 0) is 12.8 Å². The van der Waals surface area contributed by atoms with Crippen LogP contribution in [-0.4, -0.2) is 29.1 Å². The summed E-state index contributed by atoms with van der Waals surface area (Å²) in [6.45, 7) is 0.460. The third-order valence-electron chi connectivity index (χ3n) is 2.79. The second-order valence-corrected chi connectivity index (χ2v) is 5.13. The average Bonchev–Trinajstić information content (AvgIpc) is 2.86. The van der Waals surface area contributed by atoms with Crippen molar-refractivity contribution in [1.29, 1.82) is 0 Å². The quantitative estimate of drug-likeness (QED) is 0.822. The number of hydrogen-bond donors (Lipinski definition) is 2. The van der Waals surface area contributed by atoms with E-state index in [1.54, 1.807) is 7.11 Å². The van der Waals surface area contributed by atoms with Crippen LogP contribution in [0.5, 0.6) is 5.75 Å². The van der Waals surface area contributed by atoms with E-state index in [-0.39, 0.29) is 6.04 Å². The molecule has 0 fully saturated rings. The van der Waals surface area contributed by atoms with Crippen molar-refractivity contribution in [2.75, 3.05) is 13.7 Å². The molecule has 1 heterocycles. The molecule has 0 spiro atoms. The third kappa shape index (κ3) is 3.73. The van der Waals surface area contributed by atoms with Crippen molar-refractivity contribution in [3.63, 3.8) is 0 Å². The van der Waals surface area contributed by atoms with Gasteiger partial charge in [0, 0.05) is 31.0 Å². The van der Waals surface area contributed by atoms with Crippen molar-refractivity contribution in [1.82, 2.24) is 9.36 Å². The fraction of sp³-hybridized carbons (Fsp3) is 0.385. The maximum Gasteiger partial charge on any atom is 0.147 e. The van der Waals surface area contributed by atoms with Gasteiger partial charge in [0.15, 0.2) is 0 Å². The molecule has 6 heteroatoms. The van der Waals surface area contributed by atoms with Gasteiger partial charge in [0.05, 0.1) is 7.11 Å². The molecule has 1 atom stereocenters. The van der Waals surface area contributed by atoms with Gasteiger partial charge in [0.25, 0.3) is 0 Å².